The summed E-state index contributed by atoms with van der Waals surface area (Å²) >= 11 is 0. The lowest BCUT2D eigenvalue weighted by molar-refractivity contribution is 0.306. The first kappa shape index (κ1) is 47.1. The monoisotopic (exact) mass is 1020 g/mol. The van der Waals surface area contributed by atoms with Crippen LogP contribution in [-0.2, 0) is 24.9 Å². The third-order valence-electron chi connectivity index (χ3n) is 17.9. The summed E-state index contributed by atoms with van der Waals surface area (Å²) in [7, 11) is 0. The van der Waals surface area contributed by atoms with Gasteiger partial charge in [-0.1, -0.05) is 208 Å². The Kier molecular flexibility index (Phi) is 11.4. The van der Waals surface area contributed by atoms with Crippen molar-refractivity contribution in [3.05, 3.63) is 305 Å². The Bertz CT molecular complexity index is 4170. The van der Waals surface area contributed by atoms with Crippen LogP contribution in [0.3, 0.4) is 0 Å². The van der Waals surface area contributed by atoms with Crippen molar-refractivity contribution < 1.29 is 4.74 Å². The summed E-state index contributed by atoms with van der Waals surface area (Å²) in [5, 5.41) is 5.02. The molecule has 0 fully saturated rings. The predicted molar refractivity (Wildman–Crippen MR) is 329 cm³/mol. The Labute approximate surface area is 462 Å². The first-order valence-electron chi connectivity index (χ1n) is 28.4. The molecular formula is C76H60N2O. The van der Waals surface area contributed by atoms with Crippen molar-refractivity contribution in [3.8, 4) is 39.4 Å². The van der Waals surface area contributed by atoms with E-state index in [1.54, 1.807) is 0 Å². The summed E-state index contributed by atoms with van der Waals surface area (Å²) in [5.41, 5.74) is 23.5. The zero-order valence-electron chi connectivity index (χ0n) is 44.7. The highest BCUT2D eigenvalue weighted by Crippen LogP contribution is 2.57. The van der Waals surface area contributed by atoms with Gasteiger partial charge in [0.25, 0.3) is 0 Å². The molecule has 15 rings (SSSR count). The van der Waals surface area contributed by atoms with E-state index in [2.05, 4.69) is 278 Å². The number of aromatic nitrogens is 2. The number of aryl methyl sites for hydroxylation is 2. The van der Waals surface area contributed by atoms with Crippen LogP contribution in [0.1, 0.15) is 88.6 Å². The van der Waals surface area contributed by atoms with Crippen molar-refractivity contribution in [2.24, 2.45) is 0 Å². The van der Waals surface area contributed by atoms with Crippen LogP contribution in [0.5, 0.6) is 5.75 Å². The Morgan fingerprint density at radius 1 is 0.430 bits per heavy atom. The lowest BCUT2D eigenvalue weighted by atomic mass is 9.67. The lowest BCUT2D eigenvalue weighted by Crippen LogP contribution is -2.28. The molecule has 2 aliphatic carbocycles. The molecule has 0 amide bonds. The van der Waals surface area contributed by atoms with Crippen LogP contribution in [0, 0.1) is 0 Å². The van der Waals surface area contributed by atoms with E-state index in [4.69, 9.17) is 4.74 Å². The number of hydrogen-bond acceptors (Lipinski definition) is 1. The minimum atomic E-state index is -0.613. The summed E-state index contributed by atoms with van der Waals surface area (Å²) < 4.78 is 11.5. The predicted octanol–water partition coefficient (Wildman–Crippen LogP) is 19.3. The lowest BCUT2D eigenvalue weighted by Gasteiger charge is -2.34. The number of benzene rings is 11. The summed E-state index contributed by atoms with van der Waals surface area (Å²) in [6, 6.07) is 95.2. The molecule has 3 nitrogen and oxygen atoms in total. The van der Waals surface area contributed by atoms with Crippen molar-refractivity contribution in [2.45, 2.75) is 63.4 Å². The topological polar surface area (TPSA) is 19.1 Å². The molecule has 11 aromatic carbocycles. The maximum absolute atomic E-state index is 6.64. The van der Waals surface area contributed by atoms with E-state index in [1.165, 1.54) is 129 Å². The van der Waals surface area contributed by atoms with Crippen LogP contribution >= 0.6 is 0 Å². The Hall–Kier alpha value is -9.18. The Balaban J connectivity index is 0.762. The number of ether oxygens (including phenoxy) is 1. The van der Waals surface area contributed by atoms with Gasteiger partial charge in [-0.25, -0.2) is 0 Å². The van der Waals surface area contributed by atoms with Crippen LogP contribution in [0.2, 0.25) is 0 Å². The normalized spacial score (nSPS) is 14.0. The van der Waals surface area contributed by atoms with Gasteiger partial charge in [-0.05, 0) is 171 Å². The fourth-order valence-corrected chi connectivity index (χ4v) is 13.8. The van der Waals surface area contributed by atoms with Gasteiger partial charge < -0.3 is 13.9 Å². The molecule has 0 N–H and O–H groups in total. The largest absolute Gasteiger partial charge is 0.489 e. The molecule has 79 heavy (non-hydrogen) atoms. The molecule has 380 valence electrons. The third-order valence-corrected chi connectivity index (χ3v) is 17.9. The minimum Gasteiger partial charge on any atom is -0.489 e. The molecule has 0 bridgehead atoms. The summed E-state index contributed by atoms with van der Waals surface area (Å²) in [4.78, 5) is 0. The average Bonchev–Trinajstić information content (AvgIpc) is 4.26. The molecule has 2 heterocycles. The molecular weight excluding hydrogens is 957 g/mol. The summed E-state index contributed by atoms with van der Waals surface area (Å²) in [5.74, 6) is 1.79. The second-order valence-electron chi connectivity index (χ2n) is 22.2. The fourth-order valence-electron chi connectivity index (χ4n) is 13.8. The van der Waals surface area contributed by atoms with E-state index in [0.29, 0.717) is 18.4 Å². The van der Waals surface area contributed by atoms with Crippen molar-refractivity contribution in [2.75, 3.05) is 0 Å². The van der Waals surface area contributed by atoms with Crippen LogP contribution in [0.25, 0.3) is 77.2 Å². The SMILES string of the molecule is CCC(CC(C)c1ccc(-c2ccc3c(c2)CC3)cc1)c1ccc(COc2ccc(C3(c4ccccc4)c4ccc(-n5c6ccccc6c6ccccc65)cc4-c4cc(-n5c6ccccc6c6ccccc65)ccc43)cc2)cc1. The molecule has 3 heteroatoms. The standard InChI is InChI=1S/C76H60N2O/c1-3-52(45-50(2)53-29-31-55(32-30-53)57-35-33-56-34-36-58(56)46-57)54-27-25-51(26-28-54)49-79-63-41-37-60(38-42-63)76(59-15-5-4-6-16-59)70-43-39-61(77-72-21-11-7-17-64(72)65-18-8-12-22-73(65)77)47-68(70)69-48-62(40-44-71(69)76)78-74-23-13-9-19-66(74)67-20-10-14-24-75(67)78/h4-33,35,37-44,46-48,50,52H,3,34,36,45,49H2,1-2H3. The van der Waals surface area contributed by atoms with E-state index in [1.807, 2.05) is 0 Å². The first-order chi connectivity index (χ1) is 39.0. The van der Waals surface area contributed by atoms with Crippen LogP contribution in [-0.4, -0.2) is 9.13 Å². The molecule has 0 aliphatic heterocycles. The van der Waals surface area contributed by atoms with Crippen LogP contribution < -0.4 is 4.74 Å². The van der Waals surface area contributed by atoms with Gasteiger partial charge in [0.2, 0.25) is 0 Å². The number of para-hydroxylation sites is 4. The van der Waals surface area contributed by atoms with Gasteiger partial charge in [0.15, 0.2) is 0 Å². The van der Waals surface area contributed by atoms with E-state index in [-0.39, 0.29) is 0 Å². The number of rotatable bonds is 13. The van der Waals surface area contributed by atoms with Crippen LogP contribution in [0.15, 0.2) is 255 Å². The number of nitrogens with zero attached hydrogens (tertiary/aromatic N) is 2. The van der Waals surface area contributed by atoms with Gasteiger partial charge in [0, 0.05) is 32.9 Å². The highest BCUT2D eigenvalue weighted by atomic mass is 16.5. The van der Waals surface area contributed by atoms with E-state index in [9.17, 15) is 0 Å². The second kappa shape index (κ2) is 19.1. The molecule has 2 atom stereocenters. The van der Waals surface area contributed by atoms with Gasteiger partial charge >= 0.3 is 0 Å². The number of fused-ring (bicyclic) bond motifs is 10. The molecule has 0 spiro atoms. The summed E-state index contributed by atoms with van der Waals surface area (Å²) in [6.07, 6.45) is 4.65. The maximum Gasteiger partial charge on any atom is 0.119 e. The molecule has 0 radical (unpaired) electrons. The van der Waals surface area contributed by atoms with Gasteiger partial charge in [0.05, 0.1) is 27.5 Å². The molecule has 13 aromatic rings. The summed E-state index contributed by atoms with van der Waals surface area (Å²) in [6.45, 7) is 5.21. The van der Waals surface area contributed by atoms with Crippen LogP contribution in [0.4, 0.5) is 0 Å². The van der Waals surface area contributed by atoms with Gasteiger partial charge in [-0.3, -0.25) is 0 Å². The first-order valence-corrected chi connectivity index (χ1v) is 28.4. The zero-order valence-corrected chi connectivity index (χ0v) is 44.7. The van der Waals surface area contributed by atoms with Crippen molar-refractivity contribution in [1.82, 2.24) is 9.13 Å². The quantitative estimate of drug-likeness (QED) is 0.113. The van der Waals surface area contributed by atoms with Gasteiger partial charge in [-0.15, -0.1) is 0 Å². The Morgan fingerprint density at radius 3 is 1.42 bits per heavy atom. The third kappa shape index (κ3) is 7.70. The molecule has 0 saturated heterocycles. The highest BCUT2D eigenvalue weighted by Gasteiger charge is 2.46. The molecule has 2 aliphatic rings. The van der Waals surface area contributed by atoms with Crippen molar-refractivity contribution >= 4 is 43.6 Å². The number of hydrogen-bond donors (Lipinski definition) is 0. The molecule has 2 aromatic heterocycles. The molecule has 0 saturated carbocycles. The van der Waals surface area contributed by atoms with E-state index >= 15 is 0 Å². The maximum atomic E-state index is 6.64. The zero-order chi connectivity index (χ0) is 52.6. The minimum absolute atomic E-state index is 0.460. The second-order valence-corrected chi connectivity index (χ2v) is 22.2. The van der Waals surface area contributed by atoms with Gasteiger partial charge in [-0.2, -0.15) is 0 Å². The van der Waals surface area contributed by atoms with E-state index in [0.717, 1.165) is 30.0 Å². The van der Waals surface area contributed by atoms with Crippen molar-refractivity contribution in [3.63, 3.8) is 0 Å². The van der Waals surface area contributed by atoms with Gasteiger partial charge in [0.1, 0.15) is 12.4 Å². The fraction of sp³-hybridized carbons (Fsp3) is 0.132. The van der Waals surface area contributed by atoms with Crippen molar-refractivity contribution in [1.29, 1.82) is 0 Å². The van der Waals surface area contributed by atoms with E-state index < -0.39 is 5.41 Å². The average molecular weight is 1020 g/mol. The Morgan fingerprint density at radius 2 is 0.911 bits per heavy atom. The highest BCUT2D eigenvalue weighted by molar-refractivity contribution is 6.10. The molecule has 2 unspecified atom stereocenters. The smallest absolute Gasteiger partial charge is 0.119 e.